The maximum atomic E-state index is 12.5. The van der Waals surface area contributed by atoms with E-state index < -0.39 is 23.5 Å². The Balaban J connectivity index is 2.04. The molecule has 26 heavy (non-hydrogen) atoms. The molecule has 1 N–H and O–H groups in total. The van der Waals surface area contributed by atoms with E-state index in [-0.39, 0.29) is 36.5 Å². The Morgan fingerprint density at radius 3 is 1.58 bits per heavy atom. The first-order valence-electron chi connectivity index (χ1n) is 7.08. The summed E-state index contributed by atoms with van der Waals surface area (Å²) in [6.45, 7) is -0.247. The molecule has 0 aliphatic rings. The average Bonchev–Trinajstić information content (AvgIpc) is 2.58. The number of aliphatic hydroxyl groups excluding tert-OH is 1. The van der Waals surface area contributed by atoms with Gasteiger partial charge in [0.25, 0.3) is 0 Å². The van der Waals surface area contributed by atoms with Crippen LogP contribution < -0.4 is 8.92 Å². The number of benzene rings is 2. The first-order chi connectivity index (χ1) is 12.1. The molecule has 0 saturated heterocycles. The summed E-state index contributed by atoms with van der Waals surface area (Å²) in [5.41, 5.74) is -1.46. The van der Waals surface area contributed by atoms with Crippen molar-refractivity contribution in [3.63, 3.8) is 0 Å². The SMILES string of the molecule is OC/C(=C/[Se]c1ccc(C(F)(F)F)cc1)[Se]c1ccc(C(F)(F)F)cc1. The van der Waals surface area contributed by atoms with Crippen molar-refractivity contribution >= 4 is 38.8 Å². The fourth-order valence-electron chi connectivity index (χ4n) is 1.81. The Hall–Kier alpha value is -1.24. The second-order valence-electron chi connectivity index (χ2n) is 5.01. The fourth-order valence-corrected chi connectivity index (χ4v) is 5.64. The molecule has 0 heterocycles. The van der Waals surface area contributed by atoms with E-state index in [0.29, 0.717) is 13.4 Å². The van der Waals surface area contributed by atoms with E-state index in [0.717, 1.165) is 24.3 Å². The van der Waals surface area contributed by atoms with Crippen molar-refractivity contribution in [3.8, 4) is 0 Å². The molecule has 0 spiro atoms. The van der Waals surface area contributed by atoms with E-state index in [1.165, 1.54) is 24.3 Å². The van der Waals surface area contributed by atoms with Gasteiger partial charge in [-0.15, -0.1) is 0 Å². The first kappa shape index (κ1) is 21.1. The van der Waals surface area contributed by atoms with Gasteiger partial charge in [0, 0.05) is 0 Å². The summed E-state index contributed by atoms with van der Waals surface area (Å²) in [7, 11) is 0. The predicted octanol–water partition coefficient (Wildman–Crippen LogP) is 2.92. The van der Waals surface area contributed by atoms with E-state index in [9.17, 15) is 31.4 Å². The molecule has 0 aromatic heterocycles. The molecular weight excluding hydrogens is 492 g/mol. The second kappa shape index (κ2) is 8.63. The van der Waals surface area contributed by atoms with Gasteiger partial charge in [-0.25, -0.2) is 0 Å². The van der Waals surface area contributed by atoms with Crippen molar-refractivity contribution in [3.05, 3.63) is 69.1 Å². The number of alkyl halides is 6. The molecule has 2 rings (SSSR count). The average molecular weight is 504 g/mol. The summed E-state index contributed by atoms with van der Waals surface area (Å²) < 4.78 is 77.3. The number of halogens is 6. The van der Waals surface area contributed by atoms with Gasteiger partial charge in [0.2, 0.25) is 0 Å². The monoisotopic (exact) mass is 506 g/mol. The van der Waals surface area contributed by atoms with Crippen LogP contribution in [-0.4, -0.2) is 41.6 Å². The zero-order valence-corrected chi connectivity index (χ0v) is 16.4. The summed E-state index contributed by atoms with van der Waals surface area (Å²) >= 11 is -0.637. The molecule has 0 unspecified atom stereocenters. The van der Waals surface area contributed by atoms with Gasteiger partial charge in [-0.2, -0.15) is 0 Å². The summed E-state index contributed by atoms with van der Waals surface area (Å²) in [6.07, 6.45) is -8.78. The van der Waals surface area contributed by atoms with Crippen LogP contribution >= 0.6 is 0 Å². The van der Waals surface area contributed by atoms with E-state index in [2.05, 4.69) is 0 Å². The molecule has 9 heteroatoms. The summed E-state index contributed by atoms with van der Waals surface area (Å²) in [6, 6.07) is 9.52. The van der Waals surface area contributed by atoms with Crippen molar-refractivity contribution in [1.29, 1.82) is 0 Å². The third-order valence-electron chi connectivity index (χ3n) is 3.09. The van der Waals surface area contributed by atoms with Crippen molar-refractivity contribution in [2.45, 2.75) is 12.4 Å². The molecule has 0 fully saturated rings. The van der Waals surface area contributed by atoms with Gasteiger partial charge < -0.3 is 0 Å². The van der Waals surface area contributed by atoms with E-state index in [4.69, 9.17) is 0 Å². The van der Waals surface area contributed by atoms with Gasteiger partial charge >= 0.3 is 158 Å². The minimum atomic E-state index is -4.40. The molecule has 0 bridgehead atoms. The Morgan fingerprint density at radius 2 is 1.19 bits per heavy atom. The molecule has 0 radical (unpaired) electrons. The normalized spacial score (nSPS) is 13.1. The van der Waals surface area contributed by atoms with Crippen LogP contribution in [0.15, 0.2) is 58.0 Å². The summed E-state index contributed by atoms with van der Waals surface area (Å²) in [5, 5.41) is 9.43. The number of hydrogen-bond donors (Lipinski definition) is 1. The number of aliphatic hydroxyl groups is 1. The maximum absolute atomic E-state index is 12.5. The Labute approximate surface area is 158 Å². The topological polar surface area (TPSA) is 20.2 Å². The van der Waals surface area contributed by atoms with Gasteiger partial charge in [-0.1, -0.05) is 0 Å². The van der Waals surface area contributed by atoms with E-state index in [1.807, 2.05) is 0 Å². The van der Waals surface area contributed by atoms with Crippen molar-refractivity contribution in [2.24, 2.45) is 0 Å². The van der Waals surface area contributed by atoms with Crippen LogP contribution in [0.4, 0.5) is 26.3 Å². The van der Waals surface area contributed by atoms with Crippen LogP contribution in [0.2, 0.25) is 0 Å². The van der Waals surface area contributed by atoms with Crippen molar-refractivity contribution in [2.75, 3.05) is 6.61 Å². The van der Waals surface area contributed by atoms with Gasteiger partial charge in [-0.3, -0.25) is 0 Å². The van der Waals surface area contributed by atoms with E-state index >= 15 is 0 Å². The van der Waals surface area contributed by atoms with Gasteiger partial charge in [0.1, 0.15) is 0 Å². The number of hydrogen-bond acceptors (Lipinski definition) is 1. The predicted molar refractivity (Wildman–Crippen MR) is 88.8 cm³/mol. The third-order valence-corrected chi connectivity index (χ3v) is 7.97. The second-order valence-corrected chi connectivity index (χ2v) is 9.50. The zero-order valence-electron chi connectivity index (χ0n) is 12.9. The zero-order chi connectivity index (χ0) is 19.4. The van der Waals surface area contributed by atoms with Crippen molar-refractivity contribution in [1.82, 2.24) is 0 Å². The molecule has 0 saturated carbocycles. The van der Waals surface area contributed by atoms with Crippen LogP contribution in [0.1, 0.15) is 11.1 Å². The van der Waals surface area contributed by atoms with E-state index in [1.54, 1.807) is 4.97 Å². The van der Waals surface area contributed by atoms with Crippen LogP contribution in [-0.2, 0) is 12.4 Å². The molecule has 0 amide bonds. The Bertz CT molecular complexity index is 749. The standard InChI is InChI=1S/C17H12F6OSe2/c18-16(19,20)11-1-5-13(6-2-11)25-10-15(9-24)26-14-7-3-12(4-8-14)17(21,22)23/h1-8,10,24H,9H2/b15-10-. The molecule has 0 aliphatic heterocycles. The fraction of sp³-hybridized carbons (Fsp3) is 0.176. The molecule has 140 valence electrons. The summed E-state index contributed by atoms with van der Waals surface area (Å²) in [4.78, 5) is 1.76. The van der Waals surface area contributed by atoms with Crippen LogP contribution in [0, 0.1) is 0 Å². The van der Waals surface area contributed by atoms with Crippen LogP contribution in [0.3, 0.4) is 0 Å². The van der Waals surface area contributed by atoms with Crippen LogP contribution in [0.5, 0.6) is 0 Å². The molecule has 0 atom stereocenters. The quantitative estimate of drug-likeness (QED) is 0.491. The van der Waals surface area contributed by atoms with Gasteiger partial charge in [-0.05, 0) is 0 Å². The van der Waals surface area contributed by atoms with Crippen LogP contribution in [0.25, 0.3) is 0 Å². The summed E-state index contributed by atoms with van der Waals surface area (Å²) in [5.74, 6) is 0. The minimum absolute atomic E-state index is 0.247. The number of rotatable bonds is 5. The van der Waals surface area contributed by atoms with Gasteiger partial charge in [0.15, 0.2) is 0 Å². The Morgan fingerprint density at radius 1 is 0.769 bits per heavy atom. The molecule has 1 nitrogen and oxygen atoms in total. The van der Waals surface area contributed by atoms with Gasteiger partial charge in [0.05, 0.1) is 0 Å². The first-order valence-corrected chi connectivity index (χ1v) is 10.6. The molecule has 0 aliphatic carbocycles. The Kier molecular flexibility index (Phi) is 6.99. The third kappa shape index (κ3) is 6.18. The van der Waals surface area contributed by atoms with Crippen molar-refractivity contribution < 1.29 is 31.4 Å². The molecule has 2 aromatic rings. The molecule has 2 aromatic carbocycles. The molecular formula is C17H12F6OSe2.